The number of hydrazine groups is 1. The molecule has 0 aliphatic carbocycles. The zero-order valence-electron chi connectivity index (χ0n) is 9.17. The van der Waals surface area contributed by atoms with Crippen LogP contribution in [-0.4, -0.2) is 22.8 Å². The second kappa shape index (κ2) is 5.05. The number of nitro benzene ring substituents is 2. The van der Waals surface area contributed by atoms with Gasteiger partial charge >= 0.3 is 0 Å². The molecule has 1 aromatic carbocycles. The van der Waals surface area contributed by atoms with Crippen molar-refractivity contribution in [2.24, 2.45) is 5.84 Å². The maximum atomic E-state index is 11.3. The van der Waals surface area contributed by atoms with Crippen LogP contribution in [0.5, 0.6) is 0 Å². The number of nitrogens with zero attached hydrogens (tertiary/aromatic N) is 2. The molecule has 0 bridgehead atoms. The van der Waals surface area contributed by atoms with Crippen molar-refractivity contribution in [1.29, 1.82) is 0 Å². The molecule has 1 aromatic rings. The molecule has 10 heteroatoms. The van der Waals surface area contributed by atoms with E-state index in [4.69, 9.17) is 5.84 Å². The van der Waals surface area contributed by atoms with Crippen molar-refractivity contribution < 1.29 is 14.6 Å². The number of anilines is 1. The molecule has 0 fully saturated rings. The summed E-state index contributed by atoms with van der Waals surface area (Å²) in [5.74, 6) is 4.01. The Labute approximate surface area is 100 Å². The maximum absolute atomic E-state index is 11.3. The summed E-state index contributed by atoms with van der Waals surface area (Å²) in [6, 6.07) is 1.81. The van der Waals surface area contributed by atoms with Gasteiger partial charge in [-0.25, -0.2) is 5.84 Å². The first-order valence-corrected chi connectivity index (χ1v) is 4.58. The van der Waals surface area contributed by atoms with Crippen LogP contribution in [-0.2, 0) is 0 Å². The molecule has 0 unspecified atom stereocenters. The van der Waals surface area contributed by atoms with E-state index < -0.39 is 27.1 Å². The van der Waals surface area contributed by atoms with E-state index >= 15 is 0 Å². The van der Waals surface area contributed by atoms with Crippen molar-refractivity contribution in [1.82, 2.24) is 5.43 Å². The van der Waals surface area contributed by atoms with Crippen LogP contribution < -0.4 is 16.6 Å². The highest BCUT2D eigenvalue weighted by Gasteiger charge is 2.27. The molecule has 4 N–H and O–H groups in total. The number of nitro groups is 2. The number of benzene rings is 1. The Balaban J connectivity index is 3.58. The third-order valence-electron chi connectivity index (χ3n) is 2.13. The Morgan fingerprint density at radius 1 is 1.22 bits per heavy atom. The van der Waals surface area contributed by atoms with Gasteiger partial charge in [-0.05, 0) is 0 Å². The minimum Gasteiger partial charge on any atom is -0.377 e. The standard InChI is InChI=1S/C8H9N5O5/c1-10-7-5(12(15)16)2-4(8(14)11-9)3-6(7)13(17)18/h2-3,10H,9H2,1H3,(H,11,14). The van der Waals surface area contributed by atoms with Gasteiger partial charge in [-0.3, -0.25) is 30.4 Å². The number of nitrogen functional groups attached to an aromatic ring is 1. The highest BCUT2D eigenvalue weighted by molar-refractivity contribution is 5.97. The monoisotopic (exact) mass is 255 g/mol. The lowest BCUT2D eigenvalue weighted by Crippen LogP contribution is -2.30. The predicted molar refractivity (Wildman–Crippen MR) is 61.0 cm³/mol. The number of nitrogens with two attached hydrogens (primary N) is 1. The van der Waals surface area contributed by atoms with Crippen LogP contribution >= 0.6 is 0 Å². The van der Waals surface area contributed by atoms with Crippen molar-refractivity contribution in [3.05, 3.63) is 37.9 Å². The van der Waals surface area contributed by atoms with Crippen LogP contribution in [0.15, 0.2) is 12.1 Å². The Hall–Kier alpha value is -2.75. The van der Waals surface area contributed by atoms with Crippen molar-refractivity contribution >= 4 is 23.0 Å². The SMILES string of the molecule is CNc1c([N+](=O)[O-])cc(C(=O)NN)cc1[N+](=O)[O-]. The Morgan fingerprint density at radius 3 is 1.94 bits per heavy atom. The van der Waals surface area contributed by atoms with Crippen LogP contribution in [0.4, 0.5) is 17.1 Å². The number of hydrogen-bond donors (Lipinski definition) is 3. The lowest BCUT2D eigenvalue weighted by molar-refractivity contribution is -0.392. The first-order valence-electron chi connectivity index (χ1n) is 4.58. The van der Waals surface area contributed by atoms with Gasteiger partial charge in [0.15, 0.2) is 5.69 Å². The Morgan fingerprint density at radius 2 is 1.67 bits per heavy atom. The van der Waals surface area contributed by atoms with Gasteiger partial charge in [-0.2, -0.15) is 0 Å². The topological polar surface area (TPSA) is 153 Å². The summed E-state index contributed by atoms with van der Waals surface area (Å²) >= 11 is 0. The molecule has 0 spiro atoms. The van der Waals surface area contributed by atoms with E-state index in [2.05, 4.69) is 5.32 Å². The molecule has 10 nitrogen and oxygen atoms in total. The molecule has 0 radical (unpaired) electrons. The second-order valence-corrected chi connectivity index (χ2v) is 3.13. The lowest BCUT2D eigenvalue weighted by atomic mass is 10.1. The van der Waals surface area contributed by atoms with Gasteiger partial charge in [0.25, 0.3) is 17.3 Å². The van der Waals surface area contributed by atoms with Gasteiger partial charge < -0.3 is 5.32 Å². The van der Waals surface area contributed by atoms with E-state index in [0.29, 0.717) is 0 Å². The summed E-state index contributed by atoms with van der Waals surface area (Å²) < 4.78 is 0. The van der Waals surface area contributed by atoms with Crippen molar-refractivity contribution in [2.75, 3.05) is 12.4 Å². The molecule has 96 valence electrons. The largest absolute Gasteiger partial charge is 0.377 e. The van der Waals surface area contributed by atoms with Crippen LogP contribution in [0, 0.1) is 20.2 Å². The molecule has 0 atom stereocenters. The fourth-order valence-corrected chi connectivity index (χ4v) is 1.37. The van der Waals surface area contributed by atoms with Crippen molar-refractivity contribution in [3.8, 4) is 0 Å². The number of hydrogen-bond acceptors (Lipinski definition) is 7. The zero-order valence-corrected chi connectivity index (χ0v) is 9.17. The molecule has 0 heterocycles. The molecule has 0 aromatic heterocycles. The van der Waals surface area contributed by atoms with Gasteiger partial charge in [0, 0.05) is 19.2 Å². The van der Waals surface area contributed by atoms with Crippen LogP contribution in [0.3, 0.4) is 0 Å². The van der Waals surface area contributed by atoms with Crippen molar-refractivity contribution in [3.63, 3.8) is 0 Å². The molecular weight excluding hydrogens is 246 g/mol. The van der Waals surface area contributed by atoms with E-state index in [1.54, 1.807) is 5.43 Å². The highest BCUT2D eigenvalue weighted by atomic mass is 16.6. The average molecular weight is 255 g/mol. The predicted octanol–water partition coefficient (Wildman–Crippen LogP) is 0.148. The highest BCUT2D eigenvalue weighted by Crippen LogP contribution is 2.35. The normalized spacial score (nSPS) is 9.67. The van der Waals surface area contributed by atoms with E-state index in [-0.39, 0.29) is 11.3 Å². The summed E-state index contributed by atoms with van der Waals surface area (Å²) in [5.41, 5.74) is 0.0419. The molecule has 18 heavy (non-hydrogen) atoms. The summed E-state index contributed by atoms with van der Waals surface area (Å²) in [7, 11) is 1.30. The van der Waals surface area contributed by atoms with Crippen LogP contribution in [0.1, 0.15) is 10.4 Å². The number of amides is 1. The zero-order chi connectivity index (χ0) is 13.9. The van der Waals surface area contributed by atoms with Gasteiger partial charge in [0.1, 0.15) is 0 Å². The van der Waals surface area contributed by atoms with Crippen LogP contribution in [0.25, 0.3) is 0 Å². The average Bonchev–Trinajstić information content (AvgIpc) is 2.35. The van der Waals surface area contributed by atoms with E-state index in [0.717, 1.165) is 12.1 Å². The summed E-state index contributed by atoms with van der Waals surface area (Å²) in [4.78, 5) is 31.2. The molecule has 1 rings (SSSR count). The Bertz CT molecular complexity index is 494. The molecule has 0 aliphatic rings. The first kappa shape index (κ1) is 13.3. The van der Waals surface area contributed by atoms with Crippen LogP contribution in [0.2, 0.25) is 0 Å². The molecular formula is C8H9N5O5. The Kier molecular flexibility index (Phi) is 3.74. The van der Waals surface area contributed by atoms with E-state index in [9.17, 15) is 25.0 Å². The minimum absolute atomic E-state index is 0.269. The fraction of sp³-hybridized carbons (Fsp3) is 0.125. The number of carbonyl (C=O) groups is 1. The summed E-state index contributed by atoms with van der Waals surface area (Å²) in [5, 5.41) is 24.0. The van der Waals surface area contributed by atoms with E-state index in [1.165, 1.54) is 7.05 Å². The molecule has 0 saturated heterocycles. The second-order valence-electron chi connectivity index (χ2n) is 3.13. The number of nitrogens with one attached hydrogen (secondary N) is 2. The third-order valence-corrected chi connectivity index (χ3v) is 2.13. The molecule has 0 aliphatic heterocycles. The van der Waals surface area contributed by atoms with Gasteiger partial charge in [0.05, 0.1) is 15.4 Å². The first-order chi connectivity index (χ1) is 8.42. The third kappa shape index (κ3) is 2.32. The molecule has 1 amide bonds. The maximum Gasteiger partial charge on any atom is 0.300 e. The van der Waals surface area contributed by atoms with E-state index in [1.807, 2.05) is 0 Å². The molecule has 0 saturated carbocycles. The number of carbonyl (C=O) groups excluding carboxylic acids is 1. The minimum atomic E-state index is -0.858. The number of rotatable bonds is 4. The van der Waals surface area contributed by atoms with Crippen molar-refractivity contribution in [2.45, 2.75) is 0 Å². The quantitative estimate of drug-likeness (QED) is 0.299. The smallest absolute Gasteiger partial charge is 0.300 e. The summed E-state index contributed by atoms with van der Waals surface area (Å²) in [6.07, 6.45) is 0. The lowest BCUT2D eigenvalue weighted by Gasteiger charge is -2.05. The van der Waals surface area contributed by atoms with Gasteiger partial charge in [-0.1, -0.05) is 0 Å². The van der Waals surface area contributed by atoms with Gasteiger partial charge in [0.2, 0.25) is 0 Å². The fourth-order valence-electron chi connectivity index (χ4n) is 1.37. The van der Waals surface area contributed by atoms with Gasteiger partial charge in [-0.15, -0.1) is 0 Å². The summed E-state index contributed by atoms with van der Waals surface area (Å²) in [6.45, 7) is 0.